The molecule has 0 spiro atoms. The standard InChI is InChI=1S/C17H22ClNO4/c1-2-8-19(14-10-23-11-15(20)17(14)22)16(21)7-6-12-4-3-5-13(18)9-12/h3-7,9,14-15,17,20,22H,2,8,10-11H2,1H3/b7-6+/t14-,15-,17+/m1/s1. The Kier molecular flexibility index (Phi) is 6.59. The number of halogens is 1. The molecule has 1 aliphatic rings. The Balaban J connectivity index is 2.11. The molecule has 0 radical (unpaired) electrons. The number of ether oxygens (including phenoxy) is 1. The van der Waals surface area contributed by atoms with Crippen LogP contribution >= 0.6 is 11.6 Å². The zero-order chi connectivity index (χ0) is 16.8. The lowest BCUT2D eigenvalue weighted by atomic mass is 10.0. The fraction of sp³-hybridized carbons (Fsp3) is 0.471. The molecule has 0 saturated carbocycles. The lowest BCUT2D eigenvalue weighted by Gasteiger charge is -2.39. The molecule has 1 heterocycles. The molecule has 1 aromatic carbocycles. The van der Waals surface area contributed by atoms with Crippen molar-refractivity contribution in [1.29, 1.82) is 0 Å². The van der Waals surface area contributed by atoms with Gasteiger partial charge in [-0.25, -0.2) is 0 Å². The van der Waals surface area contributed by atoms with Gasteiger partial charge in [0.1, 0.15) is 12.2 Å². The summed E-state index contributed by atoms with van der Waals surface area (Å²) in [6.45, 7) is 2.74. The van der Waals surface area contributed by atoms with E-state index in [1.165, 1.54) is 6.08 Å². The number of hydrogen-bond donors (Lipinski definition) is 2. The number of carbonyl (C=O) groups excluding carboxylic acids is 1. The van der Waals surface area contributed by atoms with E-state index in [1.807, 2.05) is 19.1 Å². The summed E-state index contributed by atoms with van der Waals surface area (Å²) in [6, 6.07) is 6.64. The lowest BCUT2D eigenvalue weighted by Crippen LogP contribution is -2.57. The van der Waals surface area contributed by atoms with Crippen molar-refractivity contribution < 1.29 is 19.7 Å². The maximum atomic E-state index is 12.5. The highest BCUT2D eigenvalue weighted by Gasteiger charge is 2.36. The summed E-state index contributed by atoms with van der Waals surface area (Å²) in [5, 5.41) is 20.5. The number of benzene rings is 1. The highest BCUT2D eigenvalue weighted by atomic mass is 35.5. The molecule has 0 aromatic heterocycles. The van der Waals surface area contributed by atoms with Crippen LogP contribution in [0.4, 0.5) is 0 Å². The summed E-state index contributed by atoms with van der Waals surface area (Å²) >= 11 is 5.92. The van der Waals surface area contributed by atoms with Crippen LogP contribution in [-0.2, 0) is 9.53 Å². The number of aliphatic hydroxyl groups is 2. The van der Waals surface area contributed by atoms with Gasteiger partial charge in [-0.1, -0.05) is 30.7 Å². The van der Waals surface area contributed by atoms with Crippen LogP contribution in [-0.4, -0.2) is 59.0 Å². The van der Waals surface area contributed by atoms with Crippen LogP contribution in [0, 0.1) is 0 Å². The molecule has 6 heteroatoms. The van der Waals surface area contributed by atoms with Gasteiger partial charge in [0.05, 0.1) is 19.3 Å². The van der Waals surface area contributed by atoms with Crippen LogP contribution in [0.1, 0.15) is 18.9 Å². The molecule has 126 valence electrons. The smallest absolute Gasteiger partial charge is 0.246 e. The van der Waals surface area contributed by atoms with Gasteiger partial charge in [-0.3, -0.25) is 4.79 Å². The van der Waals surface area contributed by atoms with Gasteiger partial charge in [0, 0.05) is 17.6 Å². The first kappa shape index (κ1) is 17.9. The Bertz CT molecular complexity index is 563. The molecule has 3 atom stereocenters. The van der Waals surface area contributed by atoms with Gasteiger partial charge in [0.2, 0.25) is 5.91 Å². The second-order valence-electron chi connectivity index (χ2n) is 5.58. The van der Waals surface area contributed by atoms with Crippen molar-refractivity contribution in [2.45, 2.75) is 31.6 Å². The van der Waals surface area contributed by atoms with Crippen molar-refractivity contribution in [3.8, 4) is 0 Å². The SMILES string of the molecule is CCCN(C(=O)/C=C/c1cccc(Cl)c1)[C@@H]1COC[C@@H](O)[C@H]1O. The quantitative estimate of drug-likeness (QED) is 0.801. The number of hydrogen-bond acceptors (Lipinski definition) is 4. The van der Waals surface area contributed by atoms with Crippen LogP contribution in [0.5, 0.6) is 0 Å². The molecule has 1 saturated heterocycles. The predicted octanol–water partition coefficient (Wildman–Crippen LogP) is 1.71. The van der Waals surface area contributed by atoms with Crippen molar-refractivity contribution in [1.82, 2.24) is 4.90 Å². The monoisotopic (exact) mass is 339 g/mol. The van der Waals surface area contributed by atoms with Crippen molar-refractivity contribution in [2.24, 2.45) is 0 Å². The van der Waals surface area contributed by atoms with E-state index >= 15 is 0 Å². The topological polar surface area (TPSA) is 70.0 Å². The third-order valence-electron chi connectivity index (χ3n) is 3.78. The summed E-state index contributed by atoms with van der Waals surface area (Å²) in [5.74, 6) is -0.228. The third kappa shape index (κ3) is 4.78. The van der Waals surface area contributed by atoms with Gasteiger partial charge >= 0.3 is 0 Å². The molecule has 0 aliphatic carbocycles. The van der Waals surface area contributed by atoms with Crippen LogP contribution in [0.15, 0.2) is 30.3 Å². The lowest BCUT2D eigenvalue weighted by molar-refractivity contribution is -0.152. The van der Waals surface area contributed by atoms with Gasteiger partial charge in [-0.15, -0.1) is 0 Å². The van der Waals surface area contributed by atoms with Crippen LogP contribution in [0.25, 0.3) is 6.08 Å². The summed E-state index contributed by atoms with van der Waals surface area (Å²) in [7, 11) is 0. The van der Waals surface area contributed by atoms with Gasteiger partial charge in [-0.05, 0) is 30.2 Å². The molecular formula is C17H22ClNO4. The molecule has 0 bridgehead atoms. The van der Waals surface area contributed by atoms with Gasteiger partial charge < -0.3 is 19.8 Å². The van der Waals surface area contributed by atoms with E-state index in [9.17, 15) is 15.0 Å². The van der Waals surface area contributed by atoms with Crippen LogP contribution in [0.3, 0.4) is 0 Å². The summed E-state index contributed by atoms with van der Waals surface area (Å²) < 4.78 is 5.28. The first-order chi connectivity index (χ1) is 11.0. The maximum Gasteiger partial charge on any atom is 0.246 e. The summed E-state index contributed by atoms with van der Waals surface area (Å²) in [5.41, 5.74) is 0.822. The van der Waals surface area contributed by atoms with Gasteiger partial charge in [0.25, 0.3) is 0 Å². The van der Waals surface area contributed by atoms with E-state index < -0.39 is 18.2 Å². The van der Waals surface area contributed by atoms with Crippen LogP contribution < -0.4 is 0 Å². The van der Waals surface area contributed by atoms with E-state index in [0.29, 0.717) is 11.6 Å². The van der Waals surface area contributed by atoms with Crippen molar-refractivity contribution in [2.75, 3.05) is 19.8 Å². The predicted molar refractivity (Wildman–Crippen MR) is 89.1 cm³/mol. The molecule has 2 rings (SSSR count). The second kappa shape index (κ2) is 8.45. The van der Waals surface area contributed by atoms with Gasteiger partial charge in [-0.2, -0.15) is 0 Å². The minimum Gasteiger partial charge on any atom is -0.388 e. The largest absolute Gasteiger partial charge is 0.388 e. The van der Waals surface area contributed by atoms with E-state index in [2.05, 4.69) is 0 Å². The fourth-order valence-electron chi connectivity index (χ4n) is 2.59. The van der Waals surface area contributed by atoms with Crippen LogP contribution in [0.2, 0.25) is 5.02 Å². The number of nitrogens with zero attached hydrogens (tertiary/aromatic N) is 1. The van der Waals surface area contributed by atoms with E-state index in [1.54, 1.807) is 23.1 Å². The second-order valence-corrected chi connectivity index (χ2v) is 6.02. The Morgan fingerprint density at radius 2 is 2.22 bits per heavy atom. The maximum absolute atomic E-state index is 12.5. The third-order valence-corrected chi connectivity index (χ3v) is 4.02. The number of carbonyl (C=O) groups is 1. The highest BCUT2D eigenvalue weighted by molar-refractivity contribution is 6.30. The Labute approximate surface area is 141 Å². The Hall–Kier alpha value is -1.40. The normalized spacial score (nSPS) is 24.8. The molecule has 1 fully saturated rings. The van der Waals surface area contributed by atoms with E-state index in [4.69, 9.17) is 16.3 Å². The number of rotatable bonds is 5. The molecule has 23 heavy (non-hydrogen) atoms. The summed E-state index contributed by atoms with van der Waals surface area (Å²) in [6.07, 6.45) is 1.91. The summed E-state index contributed by atoms with van der Waals surface area (Å²) in [4.78, 5) is 14.1. The first-order valence-corrected chi connectivity index (χ1v) is 8.09. The Morgan fingerprint density at radius 3 is 2.91 bits per heavy atom. The minimum absolute atomic E-state index is 0.0875. The first-order valence-electron chi connectivity index (χ1n) is 7.71. The molecule has 1 aliphatic heterocycles. The molecular weight excluding hydrogens is 318 g/mol. The molecule has 1 amide bonds. The fourth-order valence-corrected chi connectivity index (χ4v) is 2.79. The van der Waals surface area contributed by atoms with Crippen molar-refractivity contribution in [3.05, 3.63) is 40.9 Å². The number of amides is 1. The molecule has 0 unspecified atom stereocenters. The average Bonchev–Trinajstić information content (AvgIpc) is 2.53. The molecule has 1 aromatic rings. The van der Waals surface area contributed by atoms with Crippen molar-refractivity contribution >= 4 is 23.6 Å². The van der Waals surface area contributed by atoms with Crippen molar-refractivity contribution in [3.63, 3.8) is 0 Å². The van der Waals surface area contributed by atoms with E-state index in [0.717, 1.165) is 12.0 Å². The zero-order valence-corrected chi connectivity index (χ0v) is 13.8. The average molecular weight is 340 g/mol. The van der Waals surface area contributed by atoms with E-state index in [-0.39, 0.29) is 19.1 Å². The highest BCUT2D eigenvalue weighted by Crippen LogP contribution is 2.17. The molecule has 5 nitrogen and oxygen atoms in total. The molecule has 2 N–H and O–H groups in total. The minimum atomic E-state index is -1.00. The zero-order valence-electron chi connectivity index (χ0n) is 13.1. The Morgan fingerprint density at radius 1 is 1.43 bits per heavy atom. The number of aliphatic hydroxyl groups excluding tert-OH is 2. The van der Waals surface area contributed by atoms with Gasteiger partial charge in [0.15, 0.2) is 0 Å².